The second-order valence-corrected chi connectivity index (χ2v) is 10.5. The summed E-state index contributed by atoms with van der Waals surface area (Å²) in [6, 6.07) is 7.06. The van der Waals surface area contributed by atoms with Crippen LogP contribution < -0.4 is 0 Å². The first-order valence-electron chi connectivity index (χ1n) is 9.85. The van der Waals surface area contributed by atoms with E-state index in [9.17, 15) is 13.2 Å². The maximum atomic E-state index is 12.9. The van der Waals surface area contributed by atoms with Gasteiger partial charge in [0.05, 0.1) is 30.4 Å². The number of aryl methyl sites for hydroxylation is 1. The molecule has 168 valence electrons. The molecule has 0 spiro atoms. The Balaban J connectivity index is 1.76. The fraction of sp³-hybridized carbons (Fsp3) is 0.429. The van der Waals surface area contributed by atoms with Crippen LogP contribution in [-0.4, -0.2) is 66.8 Å². The number of amides is 1. The Morgan fingerprint density at radius 2 is 2.03 bits per heavy atom. The summed E-state index contributed by atoms with van der Waals surface area (Å²) < 4.78 is 30.5. The van der Waals surface area contributed by atoms with Crippen molar-refractivity contribution in [3.63, 3.8) is 0 Å². The highest BCUT2D eigenvalue weighted by Gasteiger charge is 2.33. The van der Waals surface area contributed by atoms with Crippen molar-refractivity contribution in [2.75, 3.05) is 31.8 Å². The van der Waals surface area contributed by atoms with Gasteiger partial charge in [-0.2, -0.15) is 5.10 Å². The number of hydrogen-bond acceptors (Lipinski definition) is 5. The molecule has 0 saturated carbocycles. The zero-order chi connectivity index (χ0) is 22.6. The molecule has 0 bridgehead atoms. The SMILES string of the molecule is COCCN(C(=O)/C=C/c1c(C)nn(Cc2ccc(Cl)cc2)c1Cl)C1CCS(=O)(=O)C1. The van der Waals surface area contributed by atoms with Crippen LogP contribution >= 0.6 is 23.2 Å². The third-order valence-corrected chi connectivity index (χ3v) is 7.62. The van der Waals surface area contributed by atoms with E-state index in [0.29, 0.717) is 47.6 Å². The van der Waals surface area contributed by atoms with E-state index in [4.69, 9.17) is 27.9 Å². The van der Waals surface area contributed by atoms with Gasteiger partial charge in [-0.25, -0.2) is 13.1 Å². The van der Waals surface area contributed by atoms with Crippen LogP contribution in [0.2, 0.25) is 10.2 Å². The minimum absolute atomic E-state index is 0.0187. The van der Waals surface area contributed by atoms with Gasteiger partial charge in [0.25, 0.3) is 0 Å². The number of rotatable bonds is 8. The Hall–Kier alpha value is -1.87. The van der Waals surface area contributed by atoms with Crippen molar-refractivity contribution in [3.8, 4) is 0 Å². The molecule has 1 unspecified atom stereocenters. The predicted octanol–water partition coefficient (Wildman–Crippen LogP) is 3.22. The first-order valence-corrected chi connectivity index (χ1v) is 12.4. The number of carbonyl (C=O) groups is 1. The van der Waals surface area contributed by atoms with E-state index in [1.807, 2.05) is 19.1 Å². The highest BCUT2D eigenvalue weighted by atomic mass is 35.5. The van der Waals surface area contributed by atoms with Crippen molar-refractivity contribution in [2.24, 2.45) is 0 Å². The number of ether oxygens (including phenoxy) is 1. The van der Waals surface area contributed by atoms with Crippen LogP contribution in [0.1, 0.15) is 23.2 Å². The van der Waals surface area contributed by atoms with Gasteiger partial charge in [0.2, 0.25) is 5.91 Å². The van der Waals surface area contributed by atoms with Gasteiger partial charge in [0.1, 0.15) is 5.15 Å². The summed E-state index contributed by atoms with van der Waals surface area (Å²) in [7, 11) is -1.57. The summed E-state index contributed by atoms with van der Waals surface area (Å²) in [4.78, 5) is 14.4. The maximum absolute atomic E-state index is 12.9. The quantitative estimate of drug-likeness (QED) is 0.536. The number of hydrogen-bond donors (Lipinski definition) is 0. The molecule has 1 aromatic heterocycles. The molecule has 0 N–H and O–H groups in total. The number of carbonyl (C=O) groups excluding carboxylic acids is 1. The van der Waals surface area contributed by atoms with Crippen molar-refractivity contribution in [2.45, 2.75) is 25.9 Å². The van der Waals surface area contributed by atoms with Gasteiger partial charge in [-0.1, -0.05) is 35.3 Å². The Kier molecular flexibility index (Phi) is 7.80. The van der Waals surface area contributed by atoms with Crippen molar-refractivity contribution < 1.29 is 17.9 Å². The number of aromatic nitrogens is 2. The lowest BCUT2D eigenvalue weighted by atomic mass is 10.2. The van der Waals surface area contributed by atoms with E-state index in [2.05, 4.69) is 5.10 Å². The van der Waals surface area contributed by atoms with Gasteiger partial charge < -0.3 is 9.64 Å². The second-order valence-electron chi connectivity index (χ2n) is 7.49. The maximum Gasteiger partial charge on any atom is 0.246 e. The molecule has 0 radical (unpaired) electrons. The summed E-state index contributed by atoms with van der Waals surface area (Å²) >= 11 is 12.5. The van der Waals surface area contributed by atoms with Crippen molar-refractivity contribution in [1.29, 1.82) is 0 Å². The van der Waals surface area contributed by atoms with Crippen LogP contribution in [0.3, 0.4) is 0 Å². The average molecular weight is 486 g/mol. The summed E-state index contributed by atoms with van der Waals surface area (Å²) in [5.74, 6) is -0.199. The molecule has 1 atom stereocenters. The van der Waals surface area contributed by atoms with Gasteiger partial charge in [-0.15, -0.1) is 0 Å². The van der Waals surface area contributed by atoms with Gasteiger partial charge in [0.15, 0.2) is 9.84 Å². The molecule has 0 aliphatic carbocycles. The lowest BCUT2D eigenvalue weighted by Crippen LogP contribution is -2.42. The van der Waals surface area contributed by atoms with E-state index in [1.54, 1.807) is 34.9 Å². The normalized spacial score (nSPS) is 18.0. The summed E-state index contributed by atoms with van der Waals surface area (Å²) in [6.07, 6.45) is 3.49. The molecule has 7 nitrogen and oxygen atoms in total. The molecule has 31 heavy (non-hydrogen) atoms. The predicted molar refractivity (Wildman–Crippen MR) is 122 cm³/mol. The third kappa shape index (κ3) is 6.10. The van der Waals surface area contributed by atoms with Crippen molar-refractivity contribution in [1.82, 2.24) is 14.7 Å². The summed E-state index contributed by atoms with van der Waals surface area (Å²) in [5.41, 5.74) is 2.33. The molecular weight excluding hydrogens is 461 g/mol. The molecule has 1 aromatic carbocycles. The molecule has 2 heterocycles. The first-order chi connectivity index (χ1) is 14.7. The average Bonchev–Trinajstić information content (AvgIpc) is 3.20. The number of benzene rings is 1. The largest absolute Gasteiger partial charge is 0.383 e. The molecule has 1 aliphatic heterocycles. The van der Waals surface area contributed by atoms with Crippen LogP contribution in [0.4, 0.5) is 0 Å². The van der Waals surface area contributed by atoms with Crippen LogP contribution in [0, 0.1) is 6.92 Å². The van der Waals surface area contributed by atoms with Gasteiger partial charge in [0, 0.05) is 36.4 Å². The highest BCUT2D eigenvalue weighted by Crippen LogP contribution is 2.24. The molecule has 1 amide bonds. The van der Waals surface area contributed by atoms with Crippen LogP contribution in [0.5, 0.6) is 0 Å². The monoisotopic (exact) mass is 485 g/mol. The van der Waals surface area contributed by atoms with Crippen LogP contribution in [-0.2, 0) is 25.9 Å². The second kappa shape index (κ2) is 10.2. The molecule has 2 aromatic rings. The van der Waals surface area contributed by atoms with Gasteiger partial charge >= 0.3 is 0 Å². The minimum Gasteiger partial charge on any atom is -0.383 e. The zero-order valence-corrected chi connectivity index (χ0v) is 19.8. The smallest absolute Gasteiger partial charge is 0.246 e. The lowest BCUT2D eigenvalue weighted by molar-refractivity contribution is -0.128. The fourth-order valence-electron chi connectivity index (χ4n) is 3.56. The topological polar surface area (TPSA) is 81.5 Å². The highest BCUT2D eigenvalue weighted by molar-refractivity contribution is 7.91. The van der Waals surface area contributed by atoms with E-state index < -0.39 is 9.84 Å². The van der Waals surface area contributed by atoms with Crippen LogP contribution in [0.25, 0.3) is 6.08 Å². The Morgan fingerprint density at radius 1 is 1.32 bits per heavy atom. The molecular formula is C21H25Cl2N3O4S. The van der Waals surface area contributed by atoms with E-state index in [-0.39, 0.29) is 23.5 Å². The summed E-state index contributed by atoms with van der Waals surface area (Å²) in [5, 5.41) is 5.55. The van der Waals surface area contributed by atoms with Crippen LogP contribution in [0.15, 0.2) is 30.3 Å². The van der Waals surface area contributed by atoms with Crippen molar-refractivity contribution in [3.05, 3.63) is 57.3 Å². The number of methoxy groups -OCH3 is 1. The third-order valence-electron chi connectivity index (χ3n) is 5.22. The fourth-order valence-corrected chi connectivity index (χ4v) is 5.71. The number of nitrogens with zero attached hydrogens (tertiary/aromatic N) is 3. The molecule has 1 fully saturated rings. The van der Waals surface area contributed by atoms with E-state index in [1.165, 1.54) is 6.08 Å². The number of sulfone groups is 1. The number of halogens is 2. The summed E-state index contributed by atoms with van der Waals surface area (Å²) in [6.45, 7) is 2.94. The van der Waals surface area contributed by atoms with E-state index >= 15 is 0 Å². The molecule has 3 rings (SSSR count). The Bertz CT molecular complexity index is 1070. The molecule has 1 aliphatic rings. The van der Waals surface area contributed by atoms with E-state index in [0.717, 1.165) is 5.56 Å². The standard InChI is InChI=1S/C21H25Cl2N3O4S/c1-15-19(21(23)26(24-15)13-16-3-5-17(22)6-4-16)7-8-20(27)25(10-11-30-2)18-9-12-31(28,29)14-18/h3-8,18H,9-14H2,1-2H3/b8-7+. The molecule has 1 saturated heterocycles. The lowest BCUT2D eigenvalue weighted by Gasteiger charge is -2.26. The van der Waals surface area contributed by atoms with Gasteiger partial charge in [-0.05, 0) is 37.1 Å². The molecule has 10 heteroatoms. The Morgan fingerprint density at radius 3 is 2.65 bits per heavy atom. The first kappa shape index (κ1) is 23.8. The minimum atomic E-state index is -3.11. The van der Waals surface area contributed by atoms with Crippen molar-refractivity contribution >= 4 is 45.0 Å². The Labute approximate surface area is 192 Å². The zero-order valence-electron chi connectivity index (χ0n) is 17.4. The van der Waals surface area contributed by atoms with Gasteiger partial charge in [-0.3, -0.25) is 4.79 Å².